The molecule has 1 fully saturated rings. The van der Waals surface area contributed by atoms with Crippen molar-refractivity contribution in [3.8, 4) is 5.75 Å². The maximum atomic E-state index is 6.08. The number of hydrogen-bond acceptors (Lipinski definition) is 4. The quantitative estimate of drug-likeness (QED) is 0.161. The number of halogens is 1. The first-order valence-corrected chi connectivity index (χ1v) is 10.4. The van der Waals surface area contributed by atoms with Crippen LogP contribution in [0.25, 0.3) is 0 Å². The first-order chi connectivity index (χ1) is 13.7. The highest BCUT2D eigenvalue weighted by Gasteiger charge is 2.11. The molecule has 0 aliphatic carbocycles. The highest BCUT2D eigenvalue weighted by atomic mass is 127. The molecule has 0 atom stereocenters. The molecule has 1 heterocycles. The van der Waals surface area contributed by atoms with Gasteiger partial charge in [-0.05, 0) is 25.8 Å². The van der Waals surface area contributed by atoms with Gasteiger partial charge >= 0.3 is 0 Å². The zero-order chi connectivity index (χ0) is 20.0. The van der Waals surface area contributed by atoms with E-state index in [1.54, 1.807) is 0 Å². The van der Waals surface area contributed by atoms with Crippen LogP contribution in [0.2, 0.25) is 0 Å². The van der Waals surface area contributed by atoms with Crippen molar-refractivity contribution in [2.75, 3.05) is 59.6 Å². The van der Waals surface area contributed by atoms with E-state index in [0.29, 0.717) is 13.2 Å². The van der Waals surface area contributed by atoms with Gasteiger partial charge in [-0.3, -0.25) is 4.90 Å². The molecule has 1 N–H and O–H groups in total. The van der Waals surface area contributed by atoms with Crippen LogP contribution in [-0.4, -0.2) is 75.4 Å². The van der Waals surface area contributed by atoms with Crippen LogP contribution in [0.4, 0.5) is 0 Å². The van der Waals surface area contributed by atoms with Gasteiger partial charge in [0.25, 0.3) is 0 Å². The van der Waals surface area contributed by atoms with Crippen LogP contribution in [0.3, 0.4) is 0 Å². The normalized spacial score (nSPS) is 14.8. The predicted molar refractivity (Wildman–Crippen MR) is 131 cm³/mol. The molecular formula is C22H37IN4O2. The second kappa shape index (κ2) is 15.5. The number of benzene rings is 1. The molecule has 0 aromatic heterocycles. The summed E-state index contributed by atoms with van der Waals surface area (Å²) < 4.78 is 11.5. The zero-order valence-electron chi connectivity index (χ0n) is 17.9. The van der Waals surface area contributed by atoms with E-state index >= 15 is 0 Å². The van der Waals surface area contributed by atoms with Gasteiger partial charge in [-0.25, -0.2) is 4.99 Å². The number of hydrogen-bond donors (Lipinski definition) is 1. The number of morpholine rings is 1. The molecule has 164 valence electrons. The van der Waals surface area contributed by atoms with Gasteiger partial charge in [-0.1, -0.05) is 24.3 Å². The van der Waals surface area contributed by atoms with Crippen LogP contribution in [0.5, 0.6) is 5.75 Å². The summed E-state index contributed by atoms with van der Waals surface area (Å²) in [6, 6.07) is 8.18. The van der Waals surface area contributed by atoms with Crippen molar-refractivity contribution in [2.45, 2.75) is 26.3 Å². The van der Waals surface area contributed by atoms with E-state index in [0.717, 1.165) is 76.1 Å². The Morgan fingerprint density at radius 2 is 2.10 bits per heavy atom. The van der Waals surface area contributed by atoms with Crippen molar-refractivity contribution < 1.29 is 9.47 Å². The third-order valence-corrected chi connectivity index (χ3v) is 4.74. The Hall–Kier alpha value is -1.32. The first kappa shape index (κ1) is 25.7. The minimum atomic E-state index is 0. The maximum absolute atomic E-state index is 6.08. The number of para-hydroxylation sites is 1. The molecular weight excluding hydrogens is 479 g/mol. The van der Waals surface area contributed by atoms with E-state index < -0.39 is 0 Å². The monoisotopic (exact) mass is 516 g/mol. The van der Waals surface area contributed by atoms with E-state index in [2.05, 4.69) is 41.7 Å². The number of allylic oxidation sites excluding steroid dienone is 1. The summed E-state index contributed by atoms with van der Waals surface area (Å²) in [6.07, 6.45) is 4.05. The number of rotatable bonds is 11. The topological polar surface area (TPSA) is 49.3 Å². The fourth-order valence-corrected chi connectivity index (χ4v) is 3.09. The van der Waals surface area contributed by atoms with Crippen molar-refractivity contribution in [3.63, 3.8) is 0 Å². The average molecular weight is 516 g/mol. The van der Waals surface area contributed by atoms with Gasteiger partial charge in [0.2, 0.25) is 0 Å². The Balaban J connectivity index is 0.00000420. The van der Waals surface area contributed by atoms with E-state index in [1.165, 1.54) is 0 Å². The standard InChI is InChI=1S/C22H36N4O2.HI/c1-4-6-9-12-25(3)22(23-5-2)24-19-20-10-7-8-11-21(20)28-18-15-26-13-16-27-17-14-26;/h4,7-8,10-11H,1,5-6,9,12-19H2,2-3H3,(H,23,24);1H. The van der Waals surface area contributed by atoms with Gasteiger partial charge in [-0.15, -0.1) is 30.6 Å². The van der Waals surface area contributed by atoms with Crippen molar-refractivity contribution in [3.05, 3.63) is 42.5 Å². The summed E-state index contributed by atoms with van der Waals surface area (Å²) in [5.41, 5.74) is 1.11. The first-order valence-electron chi connectivity index (χ1n) is 10.4. The van der Waals surface area contributed by atoms with E-state index in [4.69, 9.17) is 14.5 Å². The highest BCUT2D eigenvalue weighted by molar-refractivity contribution is 14.0. The summed E-state index contributed by atoms with van der Waals surface area (Å²) in [5, 5.41) is 3.38. The summed E-state index contributed by atoms with van der Waals surface area (Å²) in [4.78, 5) is 9.38. The third kappa shape index (κ3) is 9.82. The molecule has 1 aliphatic heterocycles. The molecule has 0 spiro atoms. The molecule has 0 amide bonds. The Kier molecular flexibility index (Phi) is 13.8. The summed E-state index contributed by atoms with van der Waals surface area (Å²) >= 11 is 0. The molecule has 0 radical (unpaired) electrons. The van der Waals surface area contributed by atoms with E-state index in [9.17, 15) is 0 Å². The molecule has 1 aromatic carbocycles. The smallest absolute Gasteiger partial charge is 0.193 e. The Morgan fingerprint density at radius 3 is 2.83 bits per heavy atom. The minimum absolute atomic E-state index is 0. The number of ether oxygens (including phenoxy) is 2. The molecule has 0 saturated carbocycles. The van der Waals surface area contributed by atoms with Crippen LogP contribution >= 0.6 is 24.0 Å². The fourth-order valence-electron chi connectivity index (χ4n) is 3.09. The molecule has 1 saturated heterocycles. The zero-order valence-corrected chi connectivity index (χ0v) is 20.3. The second-order valence-corrected chi connectivity index (χ2v) is 6.93. The van der Waals surface area contributed by atoms with Crippen molar-refractivity contribution in [1.82, 2.24) is 15.1 Å². The number of guanidine groups is 1. The largest absolute Gasteiger partial charge is 0.492 e. The number of nitrogens with zero attached hydrogens (tertiary/aromatic N) is 3. The average Bonchev–Trinajstić information content (AvgIpc) is 2.73. The Bertz CT molecular complexity index is 606. The van der Waals surface area contributed by atoms with Crippen LogP contribution in [0, 0.1) is 0 Å². The SMILES string of the molecule is C=CCCCN(C)C(=NCc1ccccc1OCCN1CCOCC1)NCC.I. The summed E-state index contributed by atoms with van der Waals surface area (Å²) in [5.74, 6) is 1.85. The van der Waals surface area contributed by atoms with Gasteiger partial charge in [0.15, 0.2) is 5.96 Å². The number of aliphatic imine (C=N–C) groups is 1. The highest BCUT2D eigenvalue weighted by Crippen LogP contribution is 2.19. The van der Waals surface area contributed by atoms with Crippen LogP contribution in [-0.2, 0) is 11.3 Å². The number of unbranched alkanes of at least 4 members (excludes halogenated alkanes) is 1. The molecule has 2 rings (SSSR count). The van der Waals surface area contributed by atoms with Crippen LogP contribution < -0.4 is 10.1 Å². The van der Waals surface area contributed by atoms with Crippen LogP contribution in [0.1, 0.15) is 25.3 Å². The Labute approximate surface area is 193 Å². The molecule has 1 aliphatic rings. The molecule has 0 unspecified atom stereocenters. The van der Waals surface area contributed by atoms with Crippen LogP contribution in [0.15, 0.2) is 41.9 Å². The number of nitrogens with one attached hydrogen (secondary N) is 1. The van der Waals surface area contributed by atoms with Gasteiger partial charge in [0.05, 0.1) is 19.8 Å². The lowest BCUT2D eigenvalue weighted by Gasteiger charge is -2.26. The lowest BCUT2D eigenvalue weighted by atomic mass is 10.2. The molecule has 7 heteroatoms. The molecule has 29 heavy (non-hydrogen) atoms. The predicted octanol–water partition coefficient (Wildman–Crippen LogP) is 3.38. The minimum Gasteiger partial charge on any atom is -0.492 e. The fraction of sp³-hybridized carbons (Fsp3) is 0.591. The molecule has 0 bridgehead atoms. The van der Waals surface area contributed by atoms with E-state index in [-0.39, 0.29) is 24.0 Å². The van der Waals surface area contributed by atoms with Gasteiger partial charge in [-0.2, -0.15) is 0 Å². The lowest BCUT2D eigenvalue weighted by molar-refractivity contribution is 0.0322. The third-order valence-electron chi connectivity index (χ3n) is 4.74. The maximum Gasteiger partial charge on any atom is 0.193 e. The summed E-state index contributed by atoms with van der Waals surface area (Å²) in [6.45, 7) is 13.5. The molecule has 1 aromatic rings. The van der Waals surface area contributed by atoms with Gasteiger partial charge in [0.1, 0.15) is 12.4 Å². The van der Waals surface area contributed by atoms with E-state index in [1.807, 2.05) is 24.3 Å². The van der Waals surface area contributed by atoms with Crippen molar-refractivity contribution >= 4 is 29.9 Å². The van der Waals surface area contributed by atoms with Gasteiger partial charge in [0, 0.05) is 45.3 Å². The second-order valence-electron chi connectivity index (χ2n) is 6.93. The van der Waals surface area contributed by atoms with Gasteiger partial charge < -0.3 is 19.7 Å². The molecule has 6 nitrogen and oxygen atoms in total. The lowest BCUT2D eigenvalue weighted by Crippen LogP contribution is -2.39. The van der Waals surface area contributed by atoms with Crippen molar-refractivity contribution in [2.24, 2.45) is 4.99 Å². The van der Waals surface area contributed by atoms with Crippen molar-refractivity contribution in [1.29, 1.82) is 0 Å². The Morgan fingerprint density at radius 1 is 1.34 bits per heavy atom. The summed E-state index contributed by atoms with van der Waals surface area (Å²) in [7, 11) is 2.08.